The molecule has 0 aliphatic carbocycles. The number of benzene rings is 1. The van der Waals surface area contributed by atoms with Crippen molar-refractivity contribution in [1.82, 2.24) is 0 Å². The Morgan fingerprint density at radius 3 is 2.61 bits per heavy atom. The summed E-state index contributed by atoms with van der Waals surface area (Å²) in [5.41, 5.74) is 6.60. The fourth-order valence-electron chi connectivity index (χ4n) is 1.46. The predicted molar refractivity (Wildman–Crippen MR) is 65.1 cm³/mol. The van der Waals surface area contributed by atoms with Gasteiger partial charge in [0.2, 0.25) is 0 Å². The van der Waals surface area contributed by atoms with Crippen molar-refractivity contribution in [2.24, 2.45) is 5.73 Å². The molecule has 3 nitrogen and oxygen atoms in total. The Morgan fingerprint density at radius 1 is 1.44 bits per heavy atom. The van der Waals surface area contributed by atoms with Gasteiger partial charge in [-0.1, -0.05) is 6.92 Å². The number of nitrogens with two attached hydrogens (primary N) is 1. The van der Waals surface area contributed by atoms with Gasteiger partial charge < -0.3 is 10.5 Å². The molecule has 0 saturated carbocycles. The van der Waals surface area contributed by atoms with Crippen LogP contribution in [-0.2, 0) is 6.54 Å². The van der Waals surface area contributed by atoms with Crippen molar-refractivity contribution in [3.05, 3.63) is 29.3 Å². The van der Waals surface area contributed by atoms with Crippen molar-refractivity contribution in [3.8, 4) is 5.75 Å². The minimum atomic E-state index is -2.90. The van der Waals surface area contributed by atoms with Crippen LogP contribution < -0.4 is 10.5 Å². The standard InChI is InChI=1S/C13H17F2NO2/c1-3-11(17)9-4-5-12(10(6-9)7-16)18-8-13(2,14)15/h4-6H,3,7-8,16H2,1-2H3. The summed E-state index contributed by atoms with van der Waals surface area (Å²) < 4.78 is 30.4. The molecule has 100 valence electrons. The Balaban J connectivity index is 2.90. The highest BCUT2D eigenvalue weighted by Gasteiger charge is 2.22. The average molecular weight is 257 g/mol. The molecule has 5 heteroatoms. The summed E-state index contributed by atoms with van der Waals surface area (Å²) in [6, 6.07) is 4.67. The zero-order chi connectivity index (χ0) is 13.8. The summed E-state index contributed by atoms with van der Waals surface area (Å²) in [7, 11) is 0. The van der Waals surface area contributed by atoms with Crippen LogP contribution in [0.15, 0.2) is 18.2 Å². The predicted octanol–water partition coefficient (Wildman–Crippen LogP) is 2.77. The van der Waals surface area contributed by atoms with Crippen LogP contribution in [-0.4, -0.2) is 18.3 Å². The number of hydrogen-bond donors (Lipinski definition) is 1. The van der Waals surface area contributed by atoms with Crippen molar-refractivity contribution in [2.45, 2.75) is 32.7 Å². The molecule has 0 bridgehead atoms. The van der Waals surface area contributed by atoms with Crippen LogP contribution in [0, 0.1) is 0 Å². The number of ether oxygens (including phenoxy) is 1. The van der Waals surface area contributed by atoms with E-state index in [0.29, 0.717) is 23.3 Å². The van der Waals surface area contributed by atoms with Gasteiger partial charge in [0.05, 0.1) is 0 Å². The lowest BCUT2D eigenvalue weighted by Crippen LogP contribution is -2.21. The molecular weight excluding hydrogens is 240 g/mol. The van der Waals surface area contributed by atoms with Gasteiger partial charge in [0.25, 0.3) is 5.92 Å². The largest absolute Gasteiger partial charge is 0.487 e. The van der Waals surface area contributed by atoms with E-state index in [-0.39, 0.29) is 12.3 Å². The van der Waals surface area contributed by atoms with Crippen LogP contribution in [0.25, 0.3) is 0 Å². The number of ketones is 1. The van der Waals surface area contributed by atoms with E-state index in [2.05, 4.69) is 0 Å². The highest BCUT2D eigenvalue weighted by atomic mass is 19.3. The molecule has 0 aliphatic rings. The first kappa shape index (κ1) is 14.6. The van der Waals surface area contributed by atoms with E-state index in [1.165, 1.54) is 6.07 Å². The SMILES string of the molecule is CCC(=O)c1ccc(OCC(C)(F)F)c(CN)c1. The van der Waals surface area contributed by atoms with E-state index >= 15 is 0 Å². The number of hydrogen-bond acceptors (Lipinski definition) is 3. The highest BCUT2D eigenvalue weighted by molar-refractivity contribution is 5.96. The normalized spacial score (nSPS) is 11.4. The molecule has 0 amide bonds. The second kappa shape index (κ2) is 5.91. The third-order valence-electron chi connectivity index (χ3n) is 2.40. The molecule has 2 N–H and O–H groups in total. The minimum absolute atomic E-state index is 0.0166. The second-order valence-electron chi connectivity index (χ2n) is 4.16. The molecule has 0 fully saturated rings. The van der Waals surface area contributed by atoms with Crippen LogP contribution in [0.1, 0.15) is 36.2 Å². The quantitative estimate of drug-likeness (QED) is 0.797. The maximum Gasteiger partial charge on any atom is 0.278 e. The van der Waals surface area contributed by atoms with Gasteiger partial charge in [-0.25, -0.2) is 8.78 Å². The second-order valence-corrected chi connectivity index (χ2v) is 4.16. The van der Waals surface area contributed by atoms with Crippen LogP contribution in [0.5, 0.6) is 5.75 Å². The third-order valence-corrected chi connectivity index (χ3v) is 2.40. The monoisotopic (exact) mass is 257 g/mol. The molecule has 1 rings (SSSR count). The summed E-state index contributed by atoms with van der Waals surface area (Å²) in [5, 5.41) is 0. The summed E-state index contributed by atoms with van der Waals surface area (Å²) in [4.78, 5) is 11.5. The molecule has 18 heavy (non-hydrogen) atoms. The van der Waals surface area contributed by atoms with Crippen LogP contribution >= 0.6 is 0 Å². The van der Waals surface area contributed by atoms with E-state index in [1.807, 2.05) is 0 Å². The Bertz CT molecular complexity index is 427. The summed E-state index contributed by atoms with van der Waals surface area (Å²) in [6.45, 7) is 1.97. The lowest BCUT2D eigenvalue weighted by molar-refractivity contribution is -0.0232. The molecule has 1 aromatic carbocycles. The van der Waals surface area contributed by atoms with Crippen LogP contribution in [0.3, 0.4) is 0 Å². The van der Waals surface area contributed by atoms with E-state index < -0.39 is 12.5 Å². The first-order chi connectivity index (χ1) is 8.37. The van der Waals surface area contributed by atoms with Gasteiger partial charge in [-0.05, 0) is 18.2 Å². The zero-order valence-corrected chi connectivity index (χ0v) is 10.5. The van der Waals surface area contributed by atoms with Crippen LogP contribution in [0.4, 0.5) is 8.78 Å². The molecule has 0 radical (unpaired) electrons. The van der Waals surface area contributed by atoms with E-state index in [0.717, 1.165) is 6.92 Å². The molecular formula is C13H17F2NO2. The number of carbonyl (C=O) groups is 1. The average Bonchev–Trinajstić information content (AvgIpc) is 2.34. The molecule has 0 unspecified atom stereocenters. The molecule has 0 saturated heterocycles. The van der Waals surface area contributed by atoms with Gasteiger partial charge in [0.1, 0.15) is 5.75 Å². The van der Waals surface area contributed by atoms with Gasteiger partial charge in [0, 0.05) is 31.0 Å². The molecule has 0 spiro atoms. The molecule has 0 aromatic heterocycles. The van der Waals surface area contributed by atoms with Gasteiger partial charge >= 0.3 is 0 Å². The fourth-order valence-corrected chi connectivity index (χ4v) is 1.46. The lowest BCUT2D eigenvalue weighted by atomic mass is 10.0. The molecule has 0 aliphatic heterocycles. The smallest absolute Gasteiger partial charge is 0.278 e. The van der Waals surface area contributed by atoms with Crippen molar-refractivity contribution < 1.29 is 18.3 Å². The zero-order valence-electron chi connectivity index (χ0n) is 10.5. The lowest BCUT2D eigenvalue weighted by Gasteiger charge is -2.15. The maximum absolute atomic E-state index is 12.7. The Labute approximate surface area is 105 Å². The Morgan fingerprint density at radius 2 is 2.11 bits per heavy atom. The van der Waals surface area contributed by atoms with Gasteiger partial charge in [-0.15, -0.1) is 0 Å². The fraction of sp³-hybridized carbons (Fsp3) is 0.462. The number of alkyl halides is 2. The summed E-state index contributed by atoms with van der Waals surface area (Å²) in [5.74, 6) is -2.62. The third kappa shape index (κ3) is 4.07. The number of Topliss-reactive ketones (excluding diaryl/α,β-unsaturated/α-hetero) is 1. The van der Waals surface area contributed by atoms with Crippen LogP contribution in [0.2, 0.25) is 0 Å². The van der Waals surface area contributed by atoms with Crippen molar-refractivity contribution in [2.75, 3.05) is 6.61 Å². The summed E-state index contributed by atoms with van der Waals surface area (Å²) >= 11 is 0. The minimum Gasteiger partial charge on any atom is -0.487 e. The first-order valence-corrected chi connectivity index (χ1v) is 5.74. The first-order valence-electron chi connectivity index (χ1n) is 5.74. The van der Waals surface area contributed by atoms with Crippen molar-refractivity contribution in [3.63, 3.8) is 0 Å². The van der Waals surface area contributed by atoms with Gasteiger partial charge in [-0.3, -0.25) is 4.79 Å². The number of carbonyl (C=O) groups excluding carboxylic acids is 1. The number of rotatable bonds is 6. The van der Waals surface area contributed by atoms with E-state index in [9.17, 15) is 13.6 Å². The number of halogens is 2. The van der Waals surface area contributed by atoms with Gasteiger partial charge in [0.15, 0.2) is 12.4 Å². The van der Waals surface area contributed by atoms with Crippen molar-refractivity contribution in [1.29, 1.82) is 0 Å². The topological polar surface area (TPSA) is 52.3 Å². The maximum atomic E-state index is 12.7. The van der Waals surface area contributed by atoms with Gasteiger partial charge in [-0.2, -0.15) is 0 Å². The Hall–Kier alpha value is -1.49. The van der Waals surface area contributed by atoms with Crippen molar-refractivity contribution >= 4 is 5.78 Å². The molecule has 1 aromatic rings. The van der Waals surface area contributed by atoms with E-state index in [4.69, 9.17) is 10.5 Å². The summed E-state index contributed by atoms with van der Waals surface area (Å²) in [6.07, 6.45) is 0.386. The Kier molecular flexibility index (Phi) is 4.78. The molecule has 0 heterocycles. The van der Waals surface area contributed by atoms with E-state index in [1.54, 1.807) is 19.1 Å². The molecule has 0 atom stereocenters. The highest BCUT2D eigenvalue weighted by Crippen LogP contribution is 2.23.